The van der Waals surface area contributed by atoms with E-state index in [-0.39, 0.29) is 5.91 Å². The molecule has 1 aliphatic heterocycles. The van der Waals surface area contributed by atoms with Crippen molar-refractivity contribution >= 4 is 33.2 Å². The van der Waals surface area contributed by atoms with Crippen LogP contribution >= 0.6 is 27.3 Å². The SMILES string of the molecule is CN1CCC(NC(=O)c2ccsc2Br)CC1. The molecule has 0 bridgehead atoms. The number of halogens is 1. The Labute approximate surface area is 108 Å². The van der Waals surface area contributed by atoms with Crippen molar-refractivity contribution in [2.45, 2.75) is 18.9 Å². The Morgan fingerprint density at radius 3 is 2.81 bits per heavy atom. The molecule has 1 saturated heterocycles. The monoisotopic (exact) mass is 302 g/mol. The van der Waals surface area contributed by atoms with Crippen LogP contribution in [0, 0.1) is 0 Å². The number of thiophene rings is 1. The first-order valence-electron chi connectivity index (χ1n) is 5.39. The molecular formula is C11H15BrN2OS. The van der Waals surface area contributed by atoms with E-state index in [4.69, 9.17) is 0 Å². The topological polar surface area (TPSA) is 32.3 Å². The van der Waals surface area contributed by atoms with Crippen molar-refractivity contribution in [2.24, 2.45) is 0 Å². The Morgan fingerprint density at radius 1 is 1.56 bits per heavy atom. The van der Waals surface area contributed by atoms with Gasteiger partial charge >= 0.3 is 0 Å². The summed E-state index contributed by atoms with van der Waals surface area (Å²) in [5.74, 6) is 0.0441. The third-order valence-corrected chi connectivity index (χ3v) is 4.60. The van der Waals surface area contributed by atoms with Crippen molar-refractivity contribution in [3.8, 4) is 0 Å². The van der Waals surface area contributed by atoms with Crippen LogP contribution in [-0.4, -0.2) is 37.0 Å². The normalized spacial score (nSPS) is 18.6. The van der Waals surface area contributed by atoms with Crippen molar-refractivity contribution in [2.75, 3.05) is 20.1 Å². The highest BCUT2D eigenvalue weighted by Gasteiger charge is 2.20. The standard InChI is InChI=1S/C11H15BrN2OS/c1-14-5-2-8(3-6-14)13-11(15)9-4-7-16-10(9)12/h4,7-8H,2-3,5-6H2,1H3,(H,13,15). The lowest BCUT2D eigenvalue weighted by Gasteiger charge is -2.29. The lowest BCUT2D eigenvalue weighted by molar-refractivity contribution is 0.0916. The molecule has 2 rings (SSSR count). The zero-order valence-electron chi connectivity index (χ0n) is 9.20. The molecule has 0 saturated carbocycles. The molecule has 2 heterocycles. The van der Waals surface area contributed by atoms with Gasteiger partial charge in [-0.25, -0.2) is 0 Å². The maximum Gasteiger partial charge on any atom is 0.253 e. The van der Waals surface area contributed by atoms with E-state index in [9.17, 15) is 4.79 Å². The fourth-order valence-corrected chi connectivity index (χ4v) is 3.12. The lowest BCUT2D eigenvalue weighted by atomic mass is 10.1. The molecule has 3 nitrogen and oxygen atoms in total. The van der Waals surface area contributed by atoms with Gasteiger partial charge in [0.15, 0.2) is 0 Å². The highest BCUT2D eigenvalue weighted by Crippen LogP contribution is 2.23. The Morgan fingerprint density at radius 2 is 2.25 bits per heavy atom. The molecule has 0 spiro atoms. The quantitative estimate of drug-likeness (QED) is 0.909. The number of nitrogens with one attached hydrogen (secondary N) is 1. The summed E-state index contributed by atoms with van der Waals surface area (Å²) in [7, 11) is 2.12. The molecule has 1 aromatic rings. The minimum absolute atomic E-state index is 0.0441. The molecule has 0 radical (unpaired) electrons. The summed E-state index contributed by atoms with van der Waals surface area (Å²) in [6.45, 7) is 2.13. The summed E-state index contributed by atoms with van der Waals surface area (Å²) >= 11 is 4.93. The largest absolute Gasteiger partial charge is 0.349 e. The summed E-state index contributed by atoms with van der Waals surface area (Å²) in [5, 5.41) is 5.02. The van der Waals surface area contributed by atoms with Gasteiger partial charge in [-0.3, -0.25) is 4.79 Å². The van der Waals surface area contributed by atoms with E-state index in [1.807, 2.05) is 11.4 Å². The predicted octanol–water partition coefficient (Wildman–Crippen LogP) is 2.33. The first-order valence-corrected chi connectivity index (χ1v) is 7.06. The van der Waals surface area contributed by atoms with E-state index in [0.717, 1.165) is 35.3 Å². The van der Waals surface area contributed by atoms with E-state index in [1.165, 1.54) is 0 Å². The molecule has 0 unspecified atom stereocenters. The third-order valence-electron chi connectivity index (χ3n) is 2.92. The summed E-state index contributed by atoms with van der Waals surface area (Å²) in [6.07, 6.45) is 2.09. The van der Waals surface area contributed by atoms with Gasteiger partial charge in [0.25, 0.3) is 5.91 Å². The summed E-state index contributed by atoms with van der Waals surface area (Å²) in [4.78, 5) is 14.2. The fraction of sp³-hybridized carbons (Fsp3) is 0.545. The highest BCUT2D eigenvalue weighted by molar-refractivity contribution is 9.11. The smallest absolute Gasteiger partial charge is 0.253 e. The average molecular weight is 303 g/mol. The second kappa shape index (κ2) is 5.29. The first-order chi connectivity index (χ1) is 7.66. The summed E-state index contributed by atoms with van der Waals surface area (Å²) in [6, 6.07) is 2.19. The number of nitrogens with zero attached hydrogens (tertiary/aromatic N) is 1. The average Bonchev–Trinajstić information content (AvgIpc) is 2.68. The molecule has 0 atom stereocenters. The molecule has 1 fully saturated rings. The van der Waals surface area contributed by atoms with Crippen molar-refractivity contribution in [3.05, 3.63) is 20.8 Å². The number of carbonyl (C=O) groups is 1. The van der Waals surface area contributed by atoms with Crippen LogP contribution < -0.4 is 5.32 Å². The van der Waals surface area contributed by atoms with Gasteiger partial charge < -0.3 is 10.2 Å². The van der Waals surface area contributed by atoms with Gasteiger partial charge in [0.1, 0.15) is 0 Å². The molecule has 0 aromatic carbocycles. The molecular weight excluding hydrogens is 288 g/mol. The van der Waals surface area contributed by atoms with Gasteiger partial charge in [-0.1, -0.05) is 0 Å². The number of hydrogen-bond donors (Lipinski definition) is 1. The molecule has 88 valence electrons. The van der Waals surface area contributed by atoms with Crippen LogP contribution in [0.2, 0.25) is 0 Å². The van der Waals surface area contributed by atoms with Gasteiger partial charge in [0.2, 0.25) is 0 Å². The molecule has 0 aliphatic carbocycles. The summed E-state index contributed by atoms with van der Waals surface area (Å²) < 4.78 is 0.915. The van der Waals surface area contributed by atoms with Gasteiger partial charge in [-0.05, 0) is 60.4 Å². The van der Waals surface area contributed by atoms with E-state index in [1.54, 1.807) is 11.3 Å². The molecule has 16 heavy (non-hydrogen) atoms. The fourth-order valence-electron chi connectivity index (χ4n) is 1.87. The Balaban J connectivity index is 1.91. The van der Waals surface area contributed by atoms with E-state index >= 15 is 0 Å². The maximum atomic E-state index is 11.9. The number of amides is 1. The maximum absolute atomic E-state index is 11.9. The molecule has 1 aromatic heterocycles. The van der Waals surface area contributed by atoms with Crippen molar-refractivity contribution < 1.29 is 4.79 Å². The van der Waals surface area contributed by atoms with Crippen LogP contribution in [0.15, 0.2) is 15.2 Å². The zero-order chi connectivity index (χ0) is 11.5. The van der Waals surface area contributed by atoms with Crippen molar-refractivity contribution in [1.29, 1.82) is 0 Å². The second-order valence-corrected chi connectivity index (χ2v) is 6.39. The first kappa shape index (κ1) is 12.1. The number of piperidine rings is 1. The highest BCUT2D eigenvalue weighted by atomic mass is 79.9. The Kier molecular flexibility index (Phi) is 4.00. The molecule has 1 N–H and O–H groups in total. The van der Waals surface area contributed by atoms with Crippen LogP contribution in [-0.2, 0) is 0 Å². The number of carbonyl (C=O) groups excluding carboxylic acids is 1. The Hall–Kier alpha value is -0.390. The minimum Gasteiger partial charge on any atom is -0.349 e. The minimum atomic E-state index is 0.0441. The zero-order valence-corrected chi connectivity index (χ0v) is 11.6. The van der Waals surface area contributed by atoms with Crippen LogP contribution in [0.25, 0.3) is 0 Å². The second-order valence-electron chi connectivity index (χ2n) is 4.16. The van der Waals surface area contributed by atoms with E-state index in [0.29, 0.717) is 6.04 Å². The van der Waals surface area contributed by atoms with Gasteiger partial charge in [-0.15, -0.1) is 11.3 Å². The van der Waals surface area contributed by atoms with Crippen LogP contribution in [0.4, 0.5) is 0 Å². The number of likely N-dealkylation sites (tertiary alicyclic amines) is 1. The number of rotatable bonds is 2. The van der Waals surface area contributed by atoms with Gasteiger partial charge in [0, 0.05) is 6.04 Å². The Bertz CT molecular complexity index is 372. The van der Waals surface area contributed by atoms with Crippen LogP contribution in [0.3, 0.4) is 0 Å². The molecule has 1 amide bonds. The van der Waals surface area contributed by atoms with Crippen LogP contribution in [0.1, 0.15) is 23.2 Å². The predicted molar refractivity (Wildman–Crippen MR) is 70.0 cm³/mol. The molecule has 5 heteroatoms. The van der Waals surface area contributed by atoms with Gasteiger partial charge in [-0.2, -0.15) is 0 Å². The number of hydrogen-bond acceptors (Lipinski definition) is 3. The van der Waals surface area contributed by atoms with E-state index < -0.39 is 0 Å². The van der Waals surface area contributed by atoms with E-state index in [2.05, 4.69) is 33.2 Å². The third kappa shape index (κ3) is 2.84. The van der Waals surface area contributed by atoms with Crippen LogP contribution in [0.5, 0.6) is 0 Å². The summed E-state index contributed by atoms with van der Waals surface area (Å²) in [5.41, 5.74) is 0.754. The van der Waals surface area contributed by atoms with Crippen molar-refractivity contribution in [3.63, 3.8) is 0 Å². The van der Waals surface area contributed by atoms with Gasteiger partial charge in [0.05, 0.1) is 9.35 Å². The van der Waals surface area contributed by atoms with Crippen molar-refractivity contribution in [1.82, 2.24) is 10.2 Å². The molecule has 1 aliphatic rings. The lowest BCUT2D eigenvalue weighted by Crippen LogP contribution is -2.43.